The largest absolute Gasteiger partial charge is 0.340 e. The third kappa shape index (κ3) is 4.01. The SMILES string of the molecule is C#CCCC1(CCC(=O)N2CCN(Cc3ccnn3C)CC2)N=N1. The second-order valence-corrected chi connectivity index (χ2v) is 6.49. The van der Waals surface area contributed by atoms with Crippen molar-refractivity contribution in [2.75, 3.05) is 26.2 Å². The first-order valence-corrected chi connectivity index (χ1v) is 8.46. The zero-order chi connectivity index (χ0) is 17.0. The molecule has 1 fully saturated rings. The van der Waals surface area contributed by atoms with Crippen molar-refractivity contribution >= 4 is 5.91 Å². The molecule has 0 unspecified atom stereocenters. The standard InChI is InChI=1S/C17H24N6O/c1-3-4-7-17(19-20-17)8-5-16(24)23-12-10-22(11-13-23)14-15-6-9-18-21(15)2/h1,6,9H,4-5,7-8,10-14H2,2H3. The minimum atomic E-state index is -0.358. The molecule has 0 aromatic carbocycles. The van der Waals surface area contributed by atoms with Crippen molar-refractivity contribution in [3.8, 4) is 12.3 Å². The molecule has 2 aliphatic heterocycles. The Kier molecular flexibility index (Phi) is 4.95. The number of terminal acetylenes is 1. The average molecular weight is 328 g/mol. The van der Waals surface area contributed by atoms with E-state index in [-0.39, 0.29) is 11.6 Å². The minimum absolute atomic E-state index is 0.201. The van der Waals surface area contributed by atoms with Gasteiger partial charge < -0.3 is 4.90 Å². The third-order valence-electron chi connectivity index (χ3n) is 4.82. The van der Waals surface area contributed by atoms with E-state index in [2.05, 4.69) is 26.1 Å². The highest BCUT2D eigenvalue weighted by Gasteiger charge is 2.39. The molecule has 3 rings (SSSR count). The molecule has 24 heavy (non-hydrogen) atoms. The number of aryl methyl sites for hydroxylation is 1. The van der Waals surface area contributed by atoms with Crippen molar-refractivity contribution in [1.82, 2.24) is 19.6 Å². The maximum atomic E-state index is 12.4. The summed E-state index contributed by atoms with van der Waals surface area (Å²) in [6.07, 6.45) is 9.71. The second-order valence-electron chi connectivity index (χ2n) is 6.49. The Morgan fingerprint density at radius 1 is 1.29 bits per heavy atom. The van der Waals surface area contributed by atoms with Crippen molar-refractivity contribution in [3.63, 3.8) is 0 Å². The van der Waals surface area contributed by atoms with Crippen LogP contribution in [0.25, 0.3) is 0 Å². The molecule has 0 saturated carbocycles. The summed E-state index contributed by atoms with van der Waals surface area (Å²) in [5.74, 6) is 2.82. The molecule has 3 heterocycles. The number of piperazine rings is 1. The average Bonchev–Trinajstić information content (AvgIpc) is 3.27. The first-order chi connectivity index (χ1) is 11.6. The van der Waals surface area contributed by atoms with Crippen LogP contribution in [0, 0.1) is 12.3 Å². The number of rotatable bonds is 7. The summed E-state index contributed by atoms with van der Waals surface area (Å²) >= 11 is 0. The van der Waals surface area contributed by atoms with Crippen molar-refractivity contribution in [2.24, 2.45) is 17.3 Å². The lowest BCUT2D eigenvalue weighted by Crippen LogP contribution is -2.48. The van der Waals surface area contributed by atoms with Crippen molar-refractivity contribution in [2.45, 2.75) is 37.9 Å². The number of hydrogen-bond donors (Lipinski definition) is 0. The molecule has 1 aromatic heterocycles. The monoisotopic (exact) mass is 328 g/mol. The summed E-state index contributed by atoms with van der Waals surface area (Å²) in [5, 5.41) is 12.4. The zero-order valence-electron chi connectivity index (χ0n) is 14.2. The van der Waals surface area contributed by atoms with E-state index in [1.54, 1.807) is 0 Å². The van der Waals surface area contributed by atoms with Crippen LogP contribution in [0.3, 0.4) is 0 Å². The van der Waals surface area contributed by atoms with Gasteiger partial charge in [0.25, 0.3) is 0 Å². The molecule has 0 spiro atoms. The van der Waals surface area contributed by atoms with Crippen molar-refractivity contribution in [1.29, 1.82) is 0 Å². The molecule has 0 radical (unpaired) electrons. The van der Waals surface area contributed by atoms with Crippen molar-refractivity contribution in [3.05, 3.63) is 18.0 Å². The molecular formula is C17H24N6O. The Morgan fingerprint density at radius 3 is 2.62 bits per heavy atom. The number of carbonyl (C=O) groups is 1. The Balaban J connectivity index is 1.39. The molecule has 1 amide bonds. The van der Waals surface area contributed by atoms with Crippen LogP contribution in [0.15, 0.2) is 22.5 Å². The van der Waals surface area contributed by atoms with Gasteiger partial charge in [-0.3, -0.25) is 14.4 Å². The van der Waals surface area contributed by atoms with E-state index >= 15 is 0 Å². The van der Waals surface area contributed by atoms with Crippen LogP contribution in [0.4, 0.5) is 0 Å². The highest BCUT2D eigenvalue weighted by atomic mass is 16.2. The van der Waals surface area contributed by atoms with E-state index in [1.807, 2.05) is 28.9 Å². The van der Waals surface area contributed by atoms with Gasteiger partial charge in [0.15, 0.2) is 5.66 Å². The maximum Gasteiger partial charge on any atom is 0.222 e. The fourth-order valence-electron chi connectivity index (χ4n) is 3.07. The molecule has 7 nitrogen and oxygen atoms in total. The maximum absolute atomic E-state index is 12.4. The number of amides is 1. The lowest BCUT2D eigenvalue weighted by atomic mass is 10.0. The number of hydrogen-bond acceptors (Lipinski definition) is 5. The van der Waals surface area contributed by atoms with Crippen LogP contribution >= 0.6 is 0 Å². The summed E-state index contributed by atoms with van der Waals surface area (Å²) in [5.41, 5.74) is 0.839. The first-order valence-electron chi connectivity index (χ1n) is 8.46. The van der Waals surface area contributed by atoms with E-state index in [9.17, 15) is 4.79 Å². The Morgan fingerprint density at radius 2 is 2.04 bits per heavy atom. The van der Waals surface area contributed by atoms with Crippen LogP contribution < -0.4 is 0 Å². The molecule has 0 aliphatic carbocycles. The van der Waals surface area contributed by atoms with E-state index in [0.29, 0.717) is 19.3 Å². The van der Waals surface area contributed by atoms with E-state index in [0.717, 1.165) is 39.1 Å². The fourth-order valence-corrected chi connectivity index (χ4v) is 3.07. The Hall–Kier alpha value is -2.20. The number of nitrogens with zero attached hydrogens (tertiary/aromatic N) is 6. The topological polar surface area (TPSA) is 66.1 Å². The van der Waals surface area contributed by atoms with E-state index < -0.39 is 0 Å². The van der Waals surface area contributed by atoms with Gasteiger partial charge >= 0.3 is 0 Å². The molecular weight excluding hydrogens is 304 g/mol. The fraction of sp³-hybridized carbons (Fsp3) is 0.647. The molecule has 0 bridgehead atoms. The van der Waals surface area contributed by atoms with Gasteiger partial charge in [-0.1, -0.05) is 0 Å². The van der Waals surface area contributed by atoms with Gasteiger partial charge in [0, 0.05) is 71.7 Å². The summed E-state index contributed by atoms with van der Waals surface area (Å²) < 4.78 is 1.90. The van der Waals surface area contributed by atoms with Crippen LogP contribution in [0.1, 0.15) is 31.4 Å². The van der Waals surface area contributed by atoms with Crippen LogP contribution in [-0.4, -0.2) is 57.3 Å². The van der Waals surface area contributed by atoms with Gasteiger partial charge in [-0.25, -0.2) is 0 Å². The summed E-state index contributed by atoms with van der Waals surface area (Å²) in [4.78, 5) is 16.7. The highest BCUT2D eigenvalue weighted by Crippen LogP contribution is 2.37. The molecule has 2 aliphatic rings. The number of carbonyl (C=O) groups excluding carboxylic acids is 1. The molecule has 7 heteroatoms. The van der Waals surface area contributed by atoms with Gasteiger partial charge in [0.1, 0.15) is 0 Å². The van der Waals surface area contributed by atoms with Crippen LogP contribution in [0.5, 0.6) is 0 Å². The molecule has 0 atom stereocenters. The first kappa shape index (κ1) is 16.7. The van der Waals surface area contributed by atoms with E-state index in [4.69, 9.17) is 6.42 Å². The molecule has 1 aromatic rings. The summed E-state index contributed by atoms with van der Waals surface area (Å²) in [7, 11) is 1.96. The molecule has 128 valence electrons. The van der Waals surface area contributed by atoms with Crippen LogP contribution in [-0.2, 0) is 18.4 Å². The van der Waals surface area contributed by atoms with E-state index in [1.165, 1.54) is 5.69 Å². The normalized spacial score (nSPS) is 19.2. The second kappa shape index (κ2) is 7.14. The summed E-state index contributed by atoms with van der Waals surface area (Å²) in [6.45, 7) is 4.23. The van der Waals surface area contributed by atoms with Crippen LogP contribution in [0.2, 0.25) is 0 Å². The van der Waals surface area contributed by atoms with Gasteiger partial charge in [0.2, 0.25) is 5.91 Å². The highest BCUT2D eigenvalue weighted by molar-refractivity contribution is 5.76. The third-order valence-corrected chi connectivity index (χ3v) is 4.82. The molecule has 0 N–H and O–H groups in total. The minimum Gasteiger partial charge on any atom is -0.340 e. The lowest BCUT2D eigenvalue weighted by molar-refractivity contribution is -0.133. The van der Waals surface area contributed by atoms with Crippen molar-refractivity contribution < 1.29 is 4.79 Å². The molecule has 1 saturated heterocycles. The van der Waals surface area contributed by atoms with Gasteiger partial charge in [-0.05, 0) is 6.07 Å². The predicted octanol–water partition coefficient (Wildman–Crippen LogP) is 1.42. The van der Waals surface area contributed by atoms with Gasteiger partial charge in [-0.15, -0.1) is 12.3 Å². The predicted molar refractivity (Wildman–Crippen MR) is 90.0 cm³/mol. The Labute approximate surface area is 142 Å². The van der Waals surface area contributed by atoms with Gasteiger partial charge in [-0.2, -0.15) is 15.3 Å². The zero-order valence-corrected chi connectivity index (χ0v) is 14.2. The summed E-state index contributed by atoms with van der Waals surface area (Å²) in [6, 6.07) is 2.04. The quantitative estimate of drug-likeness (QED) is 0.711. The Bertz CT molecular complexity index is 644. The van der Waals surface area contributed by atoms with Gasteiger partial charge in [0.05, 0.1) is 5.69 Å². The smallest absolute Gasteiger partial charge is 0.222 e. The number of aromatic nitrogens is 2. The lowest BCUT2D eigenvalue weighted by Gasteiger charge is -2.34.